The number of carbonyl (C=O) groups is 2. The highest BCUT2D eigenvalue weighted by Crippen LogP contribution is 2.29. The van der Waals surface area contributed by atoms with Gasteiger partial charge in [-0.15, -0.1) is 0 Å². The molecule has 3 rings (SSSR count). The van der Waals surface area contributed by atoms with E-state index in [0.717, 1.165) is 11.1 Å². The molecule has 0 spiro atoms. The number of methoxy groups -OCH3 is 1. The van der Waals surface area contributed by atoms with Crippen LogP contribution in [0.1, 0.15) is 47.8 Å². The van der Waals surface area contributed by atoms with E-state index in [1.165, 1.54) is 11.8 Å². The largest absolute Gasteiger partial charge is 0.497 e. The van der Waals surface area contributed by atoms with Gasteiger partial charge in [-0.25, -0.2) is 5.43 Å². The van der Waals surface area contributed by atoms with E-state index >= 15 is 0 Å². The number of benzene rings is 3. The Labute approximate surface area is 224 Å². The van der Waals surface area contributed by atoms with Gasteiger partial charge in [-0.3, -0.25) is 9.59 Å². The zero-order valence-electron chi connectivity index (χ0n) is 22.5. The van der Waals surface area contributed by atoms with E-state index in [1.54, 1.807) is 37.4 Å². The van der Waals surface area contributed by atoms with Crippen molar-refractivity contribution in [3.8, 4) is 17.2 Å². The van der Waals surface area contributed by atoms with Crippen LogP contribution < -0.4 is 25.0 Å². The normalized spacial score (nSPS) is 11.7. The second-order valence-corrected chi connectivity index (χ2v) is 9.07. The Balaban J connectivity index is 1.62. The third-order valence-electron chi connectivity index (χ3n) is 5.72. The van der Waals surface area contributed by atoms with Gasteiger partial charge in [0.1, 0.15) is 18.4 Å². The van der Waals surface area contributed by atoms with E-state index in [-0.39, 0.29) is 11.8 Å². The maximum atomic E-state index is 12.8. The van der Waals surface area contributed by atoms with Gasteiger partial charge in [0.15, 0.2) is 11.5 Å². The lowest BCUT2D eigenvalue weighted by Gasteiger charge is -2.20. The van der Waals surface area contributed by atoms with Gasteiger partial charge in [-0.05, 0) is 73.4 Å². The number of ether oxygens (including phenoxy) is 3. The molecular weight excluding hydrogens is 482 g/mol. The Hall–Kier alpha value is -4.33. The molecule has 2 N–H and O–H groups in total. The summed E-state index contributed by atoms with van der Waals surface area (Å²) < 4.78 is 16.9. The number of hydrazone groups is 1. The zero-order valence-corrected chi connectivity index (χ0v) is 22.5. The van der Waals surface area contributed by atoms with Crippen LogP contribution in [0.5, 0.6) is 17.2 Å². The van der Waals surface area contributed by atoms with Crippen molar-refractivity contribution in [2.45, 2.75) is 40.3 Å². The molecule has 0 radical (unpaired) electrons. The van der Waals surface area contributed by atoms with Crippen molar-refractivity contribution in [3.05, 3.63) is 89.0 Å². The van der Waals surface area contributed by atoms with Crippen LogP contribution in [0.3, 0.4) is 0 Å². The molecule has 0 fully saturated rings. The lowest BCUT2D eigenvalue weighted by Crippen LogP contribution is -2.48. The van der Waals surface area contributed by atoms with Crippen molar-refractivity contribution in [1.82, 2.24) is 10.7 Å². The summed E-state index contributed by atoms with van der Waals surface area (Å²) in [5.41, 5.74) is 5.92. The number of nitrogens with zero attached hydrogens (tertiary/aromatic N) is 1. The van der Waals surface area contributed by atoms with E-state index in [4.69, 9.17) is 14.2 Å². The van der Waals surface area contributed by atoms with Crippen molar-refractivity contribution in [2.75, 3.05) is 13.7 Å². The lowest BCUT2D eigenvalue weighted by molar-refractivity contribution is -0.123. The average Bonchev–Trinajstić information content (AvgIpc) is 2.91. The third kappa shape index (κ3) is 8.09. The van der Waals surface area contributed by atoms with Crippen molar-refractivity contribution < 1.29 is 23.8 Å². The SMILES string of the molecule is CCOc1cc(C=NNC(=O)C(NC(=O)c2ccc(OC)cc2)C(C)C)ccc1OCc1cccc(C)c1. The molecule has 38 heavy (non-hydrogen) atoms. The van der Waals surface area contributed by atoms with Crippen LogP contribution >= 0.6 is 0 Å². The number of carbonyl (C=O) groups excluding carboxylic acids is 2. The maximum absolute atomic E-state index is 12.8. The van der Waals surface area contributed by atoms with Gasteiger partial charge in [0.25, 0.3) is 11.8 Å². The Morgan fingerprint density at radius 3 is 2.39 bits per heavy atom. The first-order valence-electron chi connectivity index (χ1n) is 12.5. The number of amides is 2. The molecule has 0 bridgehead atoms. The minimum absolute atomic E-state index is 0.151. The molecule has 0 aliphatic carbocycles. The van der Waals surface area contributed by atoms with Crippen LogP contribution in [0.2, 0.25) is 0 Å². The number of rotatable bonds is 12. The number of hydrogen-bond acceptors (Lipinski definition) is 6. The van der Waals surface area contributed by atoms with Crippen LogP contribution in [0, 0.1) is 12.8 Å². The number of hydrogen-bond donors (Lipinski definition) is 2. The molecule has 0 saturated heterocycles. The molecule has 3 aromatic carbocycles. The van der Waals surface area contributed by atoms with Crippen LogP contribution in [0.15, 0.2) is 71.8 Å². The minimum Gasteiger partial charge on any atom is -0.497 e. The van der Waals surface area contributed by atoms with Gasteiger partial charge >= 0.3 is 0 Å². The average molecular weight is 518 g/mol. The quantitative estimate of drug-likeness (QED) is 0.263. The molecule has 0 aliphatic rings. The van der Waals surface area contributed by atoms with E-state index in [9.17, 15) is 9.59 Å². The highest BCUT2D eigenvalue weighted by molar-refractivity contribution is 5.97. The van der Waals surface area contributed by atoms with Crippen LogP contribution in [-0.4, -0.2) is 37.8 Å². The van der Waals surface area contributed by atoms with E-state index in [1.807, 2.05) is 58.0 Å². The fraction of sp³-hybridized carbons (Fsp3) is 0.300. The van der Waals surface area contributed by atoms with E-state index in [2.05, 4.69) is 21.9 Å². The van der Waals surface area contributed by atoms with Crippen molar-refractivity contribution >= 4 is 18.0 Å². The first kappa shape index (κ1) is 28.2. The van der Waals surface area contributed by atoms with Crippen molar-refractivity contribution in [1.29, 1.82) is 0 Å². The van der Waals surface area contributed by atoms with Gasteiger partial charge in [0.2, 0.25) is 0 Å². The summed E-state index contributed by atoms with van der Waals surface area (Å²) in [5, 5.41) is 6.87. The van der Waals surface area contributed by atoms with Gasteiger partial charge in [0, 0.05) is 5.56 Å². The highest BCUT2D eigenvalue weighted by atomic mass is 16.5. The van der Waals surface area contributed by atoms with E-state index in [0.29, 0.717) is 36.0 Å². The molecule has 0 heterocycles. The van der Waals surface area contributed by atoms with Crippen molar-refractivity contribution in [3.63, 3.8) is 0 Å². The molecule has 8 nitrogen and oxygen atoms in total. The summed E-state index contributed by atoms with van der Waals surface area (Å²) in [6.07, 6.45) is 1.52. The Bertz CT molecular complexity index is 1250. The summed E-state index contributed by atoms with van der Waals surface area (Å²) in [4.78, 5) is 25.5. The molecule has 0 aliphatic heterocycles. The predicted molar refractivity (Wildman–Crippen MR) is 148 cm³/mol. The molecule has 0 aromatic heterocycles. The Morgan fingerprint density at radius 2 is 1.74 bits per heavy atom. The molecule has 2 amide bonds. The summed E-state index contributed by atoms with van der Waals surface area (Å²) in [6, 6.07) is 19.5. The topological polar surface area (TPSA) is 98.2 Å². The monoisotopic (exact) mass is 517 g/mol. The van der Waals surface area contributed by atoms with Crippen molar-refractivity contribution in [2.24, 2.45) is 11.0 Å². The number of nitrogens with one attached hydrogen (secondary N) is 2. The summed E-state index contributed by atoms with van der Waals surface area (Å²) in [6.45, 7) is 8.54. The van der Waals surface area contributed by atoms with Gasteiger partial charge in [-0.2, -0.15) is 5.10 Å². The minimum atomic E-state index is -0.766. The summed E-state index contributed by atoms with van der Waals surface area (Å²) in [7, 11) is 1.56. The number of aryl methyl sites for hydroxylation is 1. The second-order valence-electron chi connectivity index (χ2n) is 9.07. The maximum Gasteiger partial charge on any atom is 0.262 e. The molecular formula is C30H35N3O5. The Kier molecular flexibility index (Phi) is 10.3. The molecule has 1 unspecified atom stereocenters. The third-order valence-corrected chi connectivity index (χ3v) is 5.72. The predicted octanol–water partition coefficient (Wildman–Crippen LogP) is 4.89. The molecule has 1 atom stereocenters. The first-order chi connectivity index (χ1) is 18.3. The summed E-state index contributed by atoms with van der Waals surface area (Å²) in [5.74, 6) is 0.932. The van der Waals surface area contributed by atoms with Crippen LogP contribution in [-0.2, 0) is 11.4 Å². The van der Waals surface area contributed by atoms with Gasteiger partial charge in [-0.1, -0.05) is 43.7 Å². The zero-order chi connectivity index (χ0) is 27.5. The molecule has 8 heteroatoms. The van der Waals surface area contributed by atoms with Gasteiger partial charge in [0.05, 0.1) is 19.9 Å². The highest BCUT2D eigenvalue weighted by Gasteiger charge is 2.24. The lowest BCUT2D eigenvalue weighted by atomic mass is 10.0. The van der Waals surface area contributed by atoms with Crippen LogP contribution in [0.25, 0.3) is 0 Å². The fourth-order valence-electron chi connectivity index (χ4n) is 3.70. The molecule has 0 saturated carbocycles. The van der Waals surface area contributed by atoms with E-state index < -0.39 is 11.9 Å². The second kappa shape index (κ2) is 13.8. The van der Waals surface area contributed by atoms with Gasteiger partial charge < -0.3 is 19.5 Å². The first-order valence-corrected chi connectivity index (χ1v) is 12.5. The smallest absolute Gasteiger partial charge is 0.262 e. The molecule has 200 valence electrons. The Morgan fingerprint density at radius 1 is 0.974 bits per heavy atom. The molecule has 3 aromatic rings. The van der Waals surface area contributed by atoms with Crippen LogP contribution in [0.4, 0.5) is 0 Å². The standard InChI is InChI=1S/C30H35N3O5/c1-6-37-27-17-22(10-15-26(27)38-19-23-9-7-8-21(4)16-23)18-31-33-30(35)28(20(2)3)32-29(34)24-11-13-25(36-5)14-12-24/h7-18,20,28H,6,19H2,1-5H3,(H,32,34)(H,33,35). The summed E-state index contributed by atoms with van der Waals surface area (Å²) >= 11 is 0. The fourth-order valence-corrected chi connectivity index (χ4v) is 3.70.